The number of nitrogens with one attached hydrogen (secondary N) is 2. The standard InChI is InChI=1S/C20H26N6O3S/c1-14-12-22-26(13-14)19-9-8-17(30(21,28)29)11-18(19)24-20(27)23-15(2)6-7-16-5-4-10-25(16)3/h4-5,8-13,15H,6-7H2,1-3H3,(H2,21,28,29)(H2,23,24,27)/t15-/m1/s1. The average Bonchev–Trinajstić information content (AvgIpc) is 3.27. The molecule has 0 saturated carbocycles. The Hall–Kier alpha value is -3.11. The first-order chi connectivity index (χ1) is 14.1. The Balaban J connectivity index is 1.74. The second kappa shape index (κ2) is 8.72. The van der Waals surface area contributed by atoms with Gasteiger partial charge in [-0.3, -0.25) is 0 Å². The molecule has 0 fully saturated rings. The summed E-state index contributed by atoms with van der Waals surface area (Å²) in [5, 5.41) is 15.1. The zero-order chi connectivity index (χ0) is 21.9. The zero-order valence-electron chi connectivity index (χ0n) is 17.2. The fraction of sp³-hybridized carbons (Fsp3) is 0.300. The molecule has 30 heavy (non-hydrogen) atoms. The summed E-state index contributed by atoms with van der Waals surface area (Å²) >= 11 is 0. The molecule has 0 saturated heterocycles. The van der Waals surface area contributed by atoms with E-state index < -0.39 is 16.1 Å². The highest BCUT2D eigenvalue weighted by Gasteiger charge is 2.16. The van der Waals surface area contributed by atoms with Crippen molar-refractivity contribution in [1.29, 1.82) is 0 Å². The molecule has 3 aromatic rings. The van der Waals surface area contributed by atoms with Gasteiger partial charge in [0, 0.05) is 31.2 Å². The highest BCUT2D eigenvalue weighted by atomic mass is 32.2. The summed E-state index contributed by atoms with van der Waals surface area (Å²) in [6.07, 6.45) is 7.01. The van der Waals surface area contributed by atoms with Gasteiger partial charge in [0.1, 0.15) is 0 Å². The minimum absolute atomic E-state index is 0.0864. The number of sulfonamides is 1. The maximum absolute atomic E-state index is 12.6. The van der Waals surface area contributed by atoms with Crippen LogP contribution in [0.15, 0.2) is 53.8 Å². The normalized spacial score (nSPS) is 12.5. The number of amides is 2. The van der Waals surface area contributed by atoms with E-state index in [1.54, 1.807) is 23.1 Å². The topological polar surface area (TPSA) is 124 Å². The molecule has 0 unspecified atom stereocenters. The average molecular weight is 431 g/mol. The van der Waals surface area contributed by atoms with Gasteiger partial charge in [0.2, 0.25) is 10.0 Å². The van der Waals surface area contributed by atoms with Crippen molar-refractivity contribution in [2.24, 2.45) is 12.2 Å². The number of nitrogens with zero attached hydrogens (tertiary/aromatic N) is 3. The first-order valence-electron chi connectivity index (χ1n) is 9.49. The molecular weight excluding hydrogens is 404 g/mol. The summed E-state index contributed by atoms with van der Waals surface area (Å²) in [6, 6.07) is 7.77. The number of carbonyl (C=O) groups is 1. The van der Waals surface area contributed by atoms with E-state index in [1.807, 2.05) is 43.8 Å². The maximum atomic E-state index is 12.6. The lowest BCUT2D eigenvalue weighted by molar-refractivity contribution is 0.248. The fourth-order valence-corrected chi connectivity index (χ4v) is 3.65. The molecule has 2 aromatic heterocycles. The van der Waals surface area contributed by atoms with Gasteiger partial charge < -0.3 is 15.2 Å². The Bertz CT molecular complexity index is 1150. The third kappa shape index (κ3) is 5.28. The molecule has 4 N–H and O–H groups in total. The highest BCUT2D eigenvalue weighted by Crippen LogP contribution is 2.24. The Morgan fingerprint density at radius 3 is 2.67 bits per heavy atom. The van der Waals surface area contributed by atoms with E-state index in [0.717, 1.165) is 18.4 Å². The molecule has 10 heteroatoms. The van der Waals surface area contributed by atoms with E-state index in [1.165, 1.54) is 17.8 Å². The molecule has 2 heterocycles. The smallest absolute Gasteiger partial charge is 0.319 e. The van der Waals surface area contributed by atoms with Gasteiger partial charge in [0.25, 0.3) is 0 Å². The van der Waals surface area contributed by atoms with Crippen molar-refractivity contribution in [2.75, 3.05) is 5.32 Å². The Kier molecular flexibility index (Phi) is 6.28. The van der Waals surface area contributed by atoms with Gasteiger partial charge in [-0.25, -0.2) is 23.0 Å². The number of hydrogen-bond donors (Lipinski definition) is 3. The Morgan fingerprint density at radius 2 is 2.07 bits per heavy atom. The molecule has 0 aliphatic rings. The van der Waals surface area contributed by atoms with Gasteiger partial charge in [0.05, 0.1) is 22.5 Å². The van der Waals surface area contributed by atoms with Crippen LogP contribution in [-0.4, -0.2) is 34.8 Å². The minimum Gasteiger partial charge on any atom is -0.354 e. The summed E-state index contributed by atoms with van der Waals surface area (Å²) in [5.41, 5.74) is 2.93. The van der Waals surface area contributed by atoms with Crippen LogP contribution in [0, 0.1) is 6.92 Å². The summed E-state index contributed by atoms with van der Waals surface area (Å²) < 4.78 is 27.1. The van der Waals surface area contributed by atoms with E-state index in [-0.39, 0.29) is 16.6 Å². The number of anilines is 1. The van der Waals surface area contributed by atoms with E-state index in [4.69, 9.17) is 5.14 Å². The largest absolute Gasteiger partial charge is 0.354 e. The van der Waals surface area contributed by atoms with E-state index in [2.05, 4.69) is 15.7 Å². The molecule has 3 rings (SSSR count). The molecule has 0 spiro atoms. The SMILES string of the molecule is Cc1cnn(-c2ccc(S(N)(=O)=O)cc2NC(=O)N[C@H](C)CCc2cccn2C)c1. The number of rotatable bonds is 7. The van der Waals surface area contributed by atoms with Crippen molar-refractivity contribution < 1.29 is 13.2 Å². The maximum Gasteiger partial charge on any atom is 0.319 e. The number of primary sulfonamides is 1. The second-order valence-corrected chi connectivity index (χ2v) is 8.90. The molecule has 0 bridgehead atoms. The lowest BCUT2D eigenvalue weighted by Gasteiger charge is -2.17. The molecule has 9 nitrogen and oxygen atoms in total. The van der Waals surface area contributed by atoms with Crippen molar-refractivity contribution in [1.82, 2.24) is 19.7 Å². The van der Waals surface area contributed by atoms with Crippen LogP contribution in [0.1, 0.15) is 24.6 Å². The van der Waals surface area contributed by atoms with Gasteiger partial charge in [-0.15, -0.1) is 0 Å². The van der Waals surface area contributed by atoms with Gasteiger partial charge in [-0.2, -0.15) is 5.10 Å². The third-order valence-electron chi connectivity index (χ3n) is 4.77. The highest BCUT2D eigenvalue weighted by molar-refractivity contribution is 7.89. The van der Waals surface area contributed by atoms with E-state index in [9.17, 15) is 13.2 Å². The van der Waals surface area contributed by atoms with Gasteiger partial charge in [-0.1, -0.05) is 0 Å². The van der Waals surface area contributed by atoms with Crippen LogP contribution < -0.4 is 15.8 Å². The van der Waals surface area contributed by atoms with Crippen molar-refractivity contribution in [3.05, 3.63) is 60.2 Å². The van der Waals surface area contributed by atoms with Crippen LogP contribution in [0.5, 0.6) is 0 Å². The number of aromatic nitrogens is 3. The van der Waals surface area contributed by atoms with Gasteiger partial charge in [-0.05, 0) is 62.6 Å². The summed E-state index contributed by atoms with van der Waals surface area (Å²) in [4.78, 5) is 12.5. The predicted octanol–water partition coefficient (Wildman–Crippen LogP) is 2.31. The van der Waals surface area contributed by atoms with Crippen LogP contribution in [0.3, 0.4) is 0 Å². The number of carbonyl (C=O) groups excluding carboxylic acids is 1. The third-order valence-corrected chi connectivity index (χ3v) is 5.68. The minimum atomic E-state index is -3.92. The molecule has 2 amide bonds. The number of urea groups is 1. The second-order valence-electron chi connectivity index (χ2n) is 7.33. The molecule has 0 radical (unpaired) electrons. The molecule has 1 atom stereocenters. The first-order valence-corrected chi connectivity index (χ1v) is 11.0. The van der Waals surface area contributed by atoms with Crippen LogP contribution in [0.4, 0.5) is 10.5 Å². The van der Waals surface area contributed by atoms with E-state index in [0.29, 0.717) is 5.69 Å². The monoisotopic (exact) mass is 430 g/mol. The predicted molar refractivity (Wildman–Crippen MR) is 115 cm³/mol. The van der Waals surface area contributed by atoms with Crippen LogP contribution >= 0.6 is 0 Å². The van der Waals surface area contributed by atoms with Crippen LogP contribution in [0.25, 0.3) is 5.69 Å². The molecule has 0 aliphatic carbocycles. The van der Waals surface area contributed by atoms with Gasteiger partial charge in [0.15, 0.2) is 0 Å². The molecule has 1 aromatic carbocycles. The quantitative estimate of drug-likeness (QED) is 0.532. The zero-order valence-corrected chi connectivity index (χ0v) is 18.0. The number of aryl methyl sites for hydroxylation is 3. The van der Waals surface area contributed by atoms with Crippen LogP contribution in [0.2, 0.25) is 0 Å². The van der Waals surface area contributed by atoms with Gasteiger partial charge >= 0.3 is 6.03 Å². The number of benzene rings is 1. The summed E-state index contributed by atoms with van der Waals surface area (Å²) in [6.45, 7) is 3.80. The van der Waals surface area contributed by atoms with Crippen molar-refractivity contribution in [3.63, 3.8) is 0 Å². The lowest BCUT2D eigenvalue weighted by atomic mass is 10.1. The summed E-state index contributed by atoms with van der Waals surface area (Å²) in [5.74, 6) is 0. The van der Waals surface area contributed by atoms with Crippen molar-refractivity contribution in [2.45, 2.75) is 37.6 Å². The van der Waals surface area contributed by atoms with E-state index >= 15 is 0 Å². The number of nitrogens with two attached hydrogens (primary N) is 1. The molecule has 160 valence electrons. The lowest BCUT2D eigenvalue weighted by Crippen LogP contribution is -2.36. The van der Waals surface area contributed by atoms with Crippen molar-refractivity contribution >= 4 is 21.7 Å². The Labute approximate surface area is 175 Å². The first kappa shape index (κ1) is 21.6. The fourth-order valence-electron chi connectivity index (χ4n) is 3.11. The van der Waals surface area contributed by atoms with Crippen LogP contribution in [-0.2, 0) is 23.5 Å². The Morgan fingerprint density at radius 1 is 1.30 bits per heavy atom. The summed E-state index contributed by atoms with van der Waals surface area (Å²) in [7, 11) is -1.94. The number of hydrogen-bond acceptors (Lipinski definition) is 4. The molecular formula is C20H26N6O3S. The molecule has 0 aliphatic heterocycles. The van der Waals surface area contributed by atoms with Crippen molar-refractivity contribution in [3.8, 4) is 5.69 Å².